The lowest BCUT2D eigenvalue weighted by molar-refractivity contribution is 0.0237. The maximum Gasteiger partial charge on any atom is 0.410 e. The summed E-state index contributed by atoms with van der Waals surface area (Å²) < 4.78 is 40.0. The van der Waals surface area contributed by atoms with Gasteiger partial charge in [0.1, 0.15) is 18.0 Å². The van der Waals surface area contributed by atoms with Gasteiger partial charge in [0.15, 0.2) is 0 Å². The number of aromatic nitrogens is 2. The number of hydrogen-bond acceptors (Lipinski definition) is 7. The van der Waals surface area contributed by atoms with E-state index in [1.165, 1.54) is 0 Å². The zero-order valence-electron chi connectivity index (χ0n) is 21.9. The van der Waals surface area contributed by atoms with Crippen LogP contribution in [0.2, 0.25) is 0 Å². The Bertz CT molecular complexity index is 952. The number of ether oxygens (including phenoxy) is 2. The Balaban J connectivity index is 1.61. The quantitative estimate of drug-likeness (QED) is 0.577. The topological polar surface area (TPSA) is 71.0 Å². The van der Waals surface area contributed by atoms with Crippen LogP contribution in [-0.2, 0) is 17.8 Å². The average Bonchev–Trinajstić information content (AvgIpc) is 3.10. The molecule has 0 aromatic carbocycles. The zero-order chi connectivity index (χ0) is 25.6. The minimum atomic E-state index is -2.76. The smallest absolute Gasteiger partial charge is 0.410 e. The van der Waals surface area contributed by atoms with Gasteiger partial charge in [0.2, 0.25) is 0 Å². The van der Waals surface area contributed by atoms with Crippen LogP contribution in [0.25, 0.3) is 0 Å². The van der Waals surface area contributed by atoms with Gasteiger partial charge >= 0.3 is 12.1 Å². The van der Waals surface area contributed by atoms with Crippen molar-refractivity contribution in [3.63, 3.8) is 0 Å². The number of alkyl halides is 2. The molecule has 1 aromatic heterocycles. The van der Waals surface area contributed by atoms with Gasteiger partial charge in [-0.1, -0.05) is 12.8 Å². The summed E-state index contributed by atoms with van der Waals surface area (Å²) >= 11 is 0. The first-order chi connectivity index (χ1) is 16.3. The lowest BCUT2D eigenvalue weighted by atomic mass is 10.1. The zero-order valence-corrected chi connectivity index (χ0v) is 21.9. The molecule has 10 heteroatoms. The van der Waals surface area contributed by atoms with Gasteiger partial charge in [-0.2, -0.15) is 9.97 Å². The third-order valence-corrected chi connectivity index (χ3v) is 7.02. The molecule has 35 heavy (non-hydrogen) atoms. The van der Waals surface area contributed by atoms with Crippen LogP contribution >= 0.6 is 0 Å². The van der Waals surface area contributed by atoms with Gasteiger partial charge in [-0.3, -0.25) is 4.90 Å². The number of halogens is 2. The molecule has 1 saturated heterocycles. The molecule has 8 nitrogen and oxygen atoms in total. The van der Waals surface area contributed by atoms with Crippen molar-refractivity contribution in [2.75, 3.05) is 38.7 Å². The van der Waals surface area contributed by atoms with Crippen LogP contribution in [0, 0.1) is 5.41 Å². The van der Waals surface area contributed by atoms with E-state index in [2.05, 4.69) is 16.8 Å². The van der Waals surface area contributed by atoms with Crippen molar-refractivity contribution >= 4 is 11.9 Å². The van der Waals surface area contributed by atoms with Crippen LogP contribution in [0.15, 0.2) is 0 Å². The molecule has 0 spiro atoms. The highest BCUT2D eigenvalue weighted by molar-refractivity contribution is 5.70. The molecule has 0 N–H and O–H groups in total. The summed E-state index contributed by atoms with van der Waals surface area (Å²) in [5, 5.41) is 0. The highest BCUT2D eigenvalue weighted by Gasteiger charge is 2.71. The molecule has 0 unspecified atom stereocenters. The van der Waals surface area contributed by atoms with Crippen molar-refractivity contribution in [2.24, 2.45) is 5.41 Å². The molecule has 3 heterocycles. The van der Waals surface area contributed by atoms with Crippen molar-refractivity contribution in [3.05, 3.63) is 11.3 Å². The van der Waals surface area contributed by atoms with Crippen molar-refractivity contribution in [1.82, 2.24) is 19.8 Å². The first-order valence-electron chi connectivity index (χ1n) is 12.6. The number of amides is 1. The fourth-order valence-electron chi connectivity index (χ4n) is 5.13. The lowest BCUT2D eigenvalue weighted by Crippen LogP contribution is -2.35. The summed E-state index contributed by atoms with van der Waals surface area (Å²) in [5.74, 6) is -2.02. The molecule has 196 valence electrons. The van der Waals surface area contributed by atoms with Crippen molar-refractivity contribution in [3.8, 4) is 6.01 Å². The van der Waals surface area contributed by atoms with E-state index < -0.39 is 23.0 Å². The molecule has 2 fully saturated rings. The number of anilines is 1. The summed E-state index contributed by atoms with van der Waals surface area (Å²) in [6, 6.07) is 0.370. The van der Waals surface area contributed by atoms with Crippen LogP contribution in [0.4, 0.5) is 19.4 Å². The Morgan fingerprint density at radius 1 is 1.17 bits per heavy atom. The van der Waals surface area contributed by atoms with Crippen LogP contribution in [-0.4, -0.2) is 77.2 Å². The first kappa shape index (κ1) is 25.9. The fraction of sp³-hybridized carbons (Fsp3) is 0.800. The molecule has 1 saturated carbocycles. The molecule has 1 aliphatic carbocycles. The molecular formula is C25H39F2N5O3. The van der Waals surface area contributed by atoms with E-state index in [4.69, 9.17) is 14.5 Å². The van der Waals surface area contributed by atoms with E-state index in [-0.39, 0.29) is 38.2 Å². The Morgan fingerprint density at radius 2 is 1.89 bits per heavy atom. The molecular weight excluding hydrogens is 456 g/mol. The Kier molecular flexibility index (Phi) is 6.89. The van der Waals surface area contributed by atoms with Gasteiger partial charge in [0.25, 0.3) is 5.92 Å². The van der Waals surface area contributed by atoms with Crippen molar-refractivity contribution in [2.45, 2.75) is 90.5 Å². The molecule has 0 radical (unpaired) electrons. The predicted molar refractivity (Wildman–Crippen MR) is 129 cm³/mol. The largest absolute Gasteiger partial charge is 0.463 e. The number of hydrogen-bond donors (Lipinski definition) is 0. The number of carbonyl (C=O) groups excluding carboxylic acids is 1. The maximum atomic E-state index is 14.3. The second kappa shape index (κ2) is 9.33. The minimum absolute atomic E-state index is 0.0991. The molecule has 0 bridgehead atoms. The van der Waals surface area contributed by atoms with Gasteiger partial charge in [-0.05, 0) is 54.6 Å². The number of rotatable bonds is 6. The van der Waals surface area contributed by atoms with Crippen LogP contribution in [0.3, 0.4) is 0 Å². The summed E-state index contributed by atoms with van der Waals surface area (Å²) in [6.45, 7) is 9.24. The minimum Gasteiger partial charge on any atom is -0.463 e. The second-order valence-electron chi connectivity index (χ2n) is 11.7. The van der Waals surface area contributed by atoms with Gasteiger partial charge in [-0.25, -0.2) is 13.6 Å². The number of carbonyl (C=O) groups is 1. The predicted octanol–water partition coefficient (Wildman–Crippen LogP) is 4.46. The van der Waals surface area contributed by atoms with Gasteiger partial charge < -0.3 is 19.3 Å². The fourth-order valence-corrected chi connectivity index (χ4v) is 5.13. The first-order valence-corrected chi connectivity index (χ1v) is 12.6. The van der Waals surface area contributed by atoms with Gasteiger partial charge in [0, 0.05) is 31.1 Å². The molecule has 4 rings (SSSR count). The standard InChI is InChI=1S/C25H39F2N5O3/c1-17-10-8-7-9-11-32(17)20-18-12-31(22(33)35-23(2,3)4)13-19(18)28-21(29-20)34-16-24(15-30(5)6)14-25(24,26)27/h17H,7-16H2,1-6H3/t17-,24-/m1/s1. The molecule has 3 aliphatic rings. The van der Waals surface area contributed by atoms with E-state index in [1.54, 1.807) is 23.9 Å². The van der Waals surface area contributed by atoms with E-state index in [0.717, 1.165) is 43.6 Å². The van der Waals surface area contributed by atoms with Crippen LogP contribution in [0.1, 0.15) is 71.1 Å². The molecule has 1 amide bonds. The van der Waals surface area contributed by atoms with Crippen molar-refractivity contribution in [1.29, 1.82) is 0 Å². The molecule has 2 atom stereocenters. The Labute approximate surface area is 207 Å². The van der Waals surface area contributed by atoms with E-state index >= 15 is 0 Å². The number of fused-ring (bicyclic) bond motifs is 1. The van der Waals surface area contributed by atoms with E-state index in [9.17, 15) is 13.6 Å². The third-order valence-electron chi connectivity index (χ3n) is 7.02. The van der Waals surface area contributed by atoms with E-state index in [1.807, 2.05) is 20.8 Å². The summed E-state index contributed by atoms with van der Waals surface area (Å²) in [7, 11) is 3.57. The highest BCUT2D eigenvalue weighted by atomic mass is 19.3. The SMILES string of the molecule is C[C@@H]1CCCCCN1c1nc(OC[C@]2(CN(C)C)CC2(F)F)nc2c1CN(C(=O)OC(C)(C)C)C2. The van der Waals surface area contributed by atoms with Crippen molar-refractivity contribution < 1.29 is 23.0 Å². The molecule has 2 aliphatic heterocycles. The lowest BCUT2D eigenvalue weighted by Gasteiger charge is -2.30. The van der Waals surface area contributed by atoms with Gasteiger partial charge in [0.05, 0.1) is 24.2 Å². The maximum absolute atomic E-state index is 14.3. The second-order valence-corrected chi connectivity index (χ2v) is 11.7. The summed E-state index contributed by atoms with van der Waals surface area (Å²) in [5.41, 5.74) is -0.255. The third kappa shape index (κ3) is 5.62. The normalized spacial score (nSPS) is 25.9. The summed E-state index contributed by atoms with van der Waals surface area (Å²) in [4.78, 5) is 27.7. The Hall–Kier alpha value is -2.23. The average molecular weight is 496 g/mol. The van der Waals surface area contributed by atoms with Crippen LogP contribution < -0.4 is 9.64 Å². The monoisotopic (exact) mass is 495 g/mol. The Morgan fingerprint density at radius 3 is 2.51 bits per heavy atom. The number of nitrogens with zero attached hydrogens (tertiary/aromatic N) is 5. The molecule has 1 aromatic rings. The van der Waals surface area contributed by atoms with E-state index in [0.29, 0.717) is 12.2 Å². The summed E-state index contributed by atoms with van der Waals surface area (Å²) in [6.07, 6.45) is 3.79. The highest BCUT2D eigenvalue weighted by Crippen LogP contribution is 2.60. The van der Waals surface area contributed by atoms with Gasteiger partial charge in [-0.15, -0.1) is 0 Å². The van der Waals surface area contributed by atoms with Crippen LogP contribution in [0.5, 0.6) is 6.01 Å².